The fourth-order valence-corrected chi connectivity index (χ4v) is 1.23. The van der Waals surface area contributed by atoms with Gasteiger partial charge in [0.1, 0.15) is 0 Å². The van der Waals surface area contributed by atoms with Crippen LogP contribution < -0.4 is 5.32 Å². The van der Waals surface area contributed by atoms with Gasteiger partial charge in [0.05, 0.1) is 6.54 Å². The van der Waals surface area contributed by atoms with Crippen molar-refractivity contribution in [3.05, 3.63) is 35.9 Å². The third kappa shape index (κ3) is 3.97. The molecule has 0 aliphatic rings. The molecule has 0 atom stereocenters. The fourth-order valence-electron chi connectivity index (χ4n) is 1.23. The Hall–Kier alpha value is -2.08. The van der Waals surface area contributed by atoms with Crippen molar-refractivity contribution < 1.29 is 9.59 Å². The van der Waals surface area contributed by atoms with E-state index in [9.17, 15) is 9.59 Å². The average molecular weight is 215 g/mol. The first-order valence-corrected chi connectivity index (χ1v) is 5.02. The molecule has 1 rings (SSSR count). The Bertz CT molecular complexity index is 404. The summed E-state index contributed by atoms with van der Waals surface area (Å²) in [6.07, 6.45) is 5.38. The molecular formula is C13H13NO2. The number of rotatable bonds is 5. The molecule has 0 heterocycles. The smallest absolute Gasteiger partial charge is 0.221 e. The lowest BCUT2D eigenvalue weighted by Gasteiger charge is -2.01. The summed E-state index contributed by atoms with van der Waals surface area (Å²) >= 11 is 0. The second-order valence-corrected chi connectivity index (χ2v) is 3.27. The molecule has 0 radical (unpaired) electrons. The van der Waals surface area contributed by atoms with Gasteiger partial charge in [0.2, 0.25) is 5.91 Å². The molecule has 1 aromatic carbocycles. The van der Waals surface area contributed by atoms with Gasteiger partial charge in [-0.05, 0) is 0 Å². The Balaban J connectivity index is 2.37. The van der Waals surface area contributed by atoms with Crippen molar-refractivity contribution in [2.45, 2.75) is 12.8 Å². The zero-order valence-corrected chi connectivity index (χ0v) is 8.90. The number of nitrogens with one attached hydrogen (secondary N) is 1. The Morgan fingerprint density at radius 2 is 1.88 bits per heavy atom. The Kier molecular flexibility index (Phi) is 4.81. The van der Waals surface area contributed by atoms with Gasteiger partial charge < -0.3 is 5.32 Å². The highest BCUT2D eigenvalue weighted by molar-refractivity contribution is 5.97. The molecule has 0 aromatic heterocycles. The zero-order valence-electron chi connectivity index (χ0n) is 8.90. The number of Topliss-reactive ketones (excluding diaryl/α,β-unsaturated/α-hetero) is 1. The SMILES string of the molecule is C#CCNC(=O)CCC(=O)c1ccccc1. The van der Waals surface area contributed by atoms with Gasteiger partial charge in [0.15, 0.2) is 5.78 Å². The Labute approximate surface area is 94.9 Å². The van der Waals surface area contributed by atoms with E-state index in [2.05, 4.69) is 11.2 Å². The molecule has 1 amide bonds. The largest absolute Gasteiger partial charge is 0.345 e. The van der Waals surface area contributed by atoms with E-state index in [1.165, 1.54) is 0 Å². The Morgan fingerprint density at radius 1 is 1.19 bits per heavy atom. The summed E-state index contributed by atoms with van der Waals surface area (Å²) in [5.41, 5.74) is 0.632. The highest BCUT2D eigenvalue weighted by atomic mass is 16.2. The maximum absolute atomic E-state index is 11.6. The summed E-state index contributed by atoms with van der Waals surface area (Å²) in [4.78, 5) is 22.8. The van der Waals surface area contributed by atoms with Crippen LogP contribution in [0.25, 0.3) is 0 Å². The van der Waals surface area contributed by atoms with Crippen molar-refractivity contribution in [1.29, 1.82) is 0 Å². The van der Waals surface area contributed by atoms with E-state index in [0.717, 1.165) is 0 Å². The van der Waals surface area contributed by atoms with Gasteiger partial charge in [-0.1, -0.05) is 36.3 Å². The highest BCUT2D eigenvalue weighted by Crippen LogP contribution is 2.04. The van der Waals surface area contributed by atoms with E-state index in [1.807, 2.05) is 6.07 Å². The number of carbonyl (C=O) groups excluding carboxylic acids is 2. The molecule has 0 aliphatic heterocycles. The number of amides is 1. The van der Waals surface area contributed by atoms with Crippen molar-refractivity contribution in [3.8, 4) is 12.3 Å². The predicted octanol–water partition coefficient (Wildman–Crippen LogP) is 1.40. The summed E-state index contributed by atoms with van der Waals surface area (Å²) in [5.74, 6) is 2.08. The first kappa shape index (κ1) is 12.0. The lowest BCUT2D eigenvalue weighted by molar-refractivity contribution is -0.120. The van der Waals surface area contributed by atoms with E-state index in [1.54, 1.807) is 24.3 Å². The number of hydrogen-bond acceptors (Lipinski definition) is 2. The molecule has 0 aliphatic carbocycles. The predicted molar refractivity (Wildman–Crippen MR) is 61.8 cm³/mol. The average Bonchev–Trinajstić information content (AvgIpc) is 2.34. The molecule has 3 heteroatoms. The van der Waals surface area contributed by atoms with Crippen molar-refractivity contribution in [3.63, 3.8) is 0 Å². The number of ketones is 1. The minimum Gasteiger partial charge on any atom is -0.345 e. The summed E-state index contributed by atoms with van der Waals surface area (Å²) in [7, 11) is 0. The van der Waals surface area contributed by atoms with Gasteiger partial charge >= 0.3 is 0 Å². The fraction of sp³-hybridized carbons (Fsp3) is 0.231. The van der Waals surface area contributed by atoms with Gasteiger partial charge in [-0.25, -0.2) is 0 Å². The van der Waals surface area contributed by atoms with Crippen molar-refractivity contribution in [2.75, 3.05) is 6.54 Å². The molecule has 3 nitrogen and oxygen atoms in total. The maximum Gasteiger partial charge on any atom is 0.221 e. The number of benzene rings is 1. The molecule has 0 fully saturated rings. The Morgan fingerprint density at radius 3 is 2.50 bits per heavy atom. The molecule has 82 valence electrons. The van der Waals surface area contributed by atoms with Crippen LogP contribution in [0.1, 0.15) is 23.2 Å². The van der Waals surface area contributed by atoms with Gasteiger partial charge in [-0.3, -0.25) is 9.59 Å². The van der Waals surface area contributed by atoms with Crippen LogP contribution in [0.15, 0.2) is 30.3 Å². The van der Waals surface area contributed by atoms with Crippen LogP contribution in [0, 0.1) is 12.3 Å². The minimum absolute atomic E-state index is 0.0311. The van der Waals surface area contributed by atoms with Crippen LogP contribution >= 0.6 is 0 Å². The molecule has 0 saturated heterocycles. The third-order valence-electron chi connectivity index (χ3n) is 2.06. The quantitative estimate of drug-likeness (QED) is 0.596. The highest BCUT2D eigenvalue weighted by Gasteiger charge is 2.07. The van der Waals surface area contributed by atoms with Crippen molar-refractivity contribution in [2.24, 2.45) is 0 Å². The lowest BCUT2D eigenvalue weighted by atomic mass is 10.1. The van der Waals surface area contributed by atoms with E-state index in [0.29, 0.717) is 5.56 Å². The first-order valence-electron chi connectivity index (χ1n) is 5.02. The second kappa shape index (κ2) is 6.41. The van der Waals surface area contributed by atoms with Gasteiger partial charge in [0.25, 0.3) is 0 Å². The number of terminal acetylenes is 1. The zero-order chi connectivity index (χ0) is 11.8. The van der Waals surface area contributed by atoms with Crippen LogP contribution in [-0.2, 0) is 4.79 Å². The van der Waals surface area contributed by atoms with Crippen LogP contribution in [0.5, 0.6) is 0 Å². The monoisotopic (exact) mass is 215 g/mol. The molecule has 16 heavy (non-hydrogen) atoms. The van der Waals surface area contributed by atoms with Gasteiger partial charge in [-0.15, -0.1) is 6.42 Å². The summed E-state index contributed by atoms with van der Waals surface area (Å²) in [6, 6.07) is 8.91. The van der Waals surface area contributed by atoms with E-state index < -0.39 is 0 Å². The molecule has 0 spiro atoms. The maximum atomic E-state index is 11.6. The minimum atomic E-state index is -0.192. The third-order valence-corrected chi connectivity index (χ3v) is 2.06. The summed E-state index contributed by atoms with van der Waals surface area (Å²) in [6.45, 7) is 0.207. The molecule has 1 N–H and O–H groups in total. The van der Waals surface area contributed by atoms with Gasteiger partial charge in [-0.2, -0.15) is 0 Å². The normalized spacial score (nSPS) is 9.19. The van der Waals surface area contributed by atoms with E-state index >= 15 is 0 Å². The lowest BCUT2D eigenvalue weighted by Crippen LogP contribution is -2.23. The van der Waals surface area contributed by atoms with Crippen molar-refractivity contribution in [1.82, 2.24) is 5.32 Å². The number of carbonyl (C=O) groups is 2. The number of hydrogen-bond donors (Lipinski definition) is 1. The van der Waals surface area contributed by atoms with E-state index in [4.69, 9.17) is 6.42 Å². The van der Waals surface area contributed by atoms with E-state index in [-0.39, 0.29) is 31.1 Å². The van der Waals surface area contributed by atoms with Crippen LogP contribution in [-0.4, -0.2) is 18.2 Å². The summed E-state index contributed by atoms with van der Waals surface area (Å²) in [5, 5.41) is 2.51. The summed E-state index contributed by atoms with van der Waals surface area (Å²) < 4.78 is 0. The van der Waals surface area contributed by atoms with Crippen molar-refractivity contribution >= 4 is 11.7 Å². The standard InChI is InChI=1S/C13H13NO2/c1-2-10-14-13(16)9-8-12(15)11-6-4-3-5-7-11/h1,3-7H,8-10H2,(H,14,16). The molecule has 0 saturated carbocycles. The first-order chi connectivity index (χ1) is 7.74. The van der Waals surface area contributed by atoms with Crippen LogP contribution in [0.2, 0.25) is 0 Å². The molecule has 0 bridgehead atoms. The second-order valence-electron chi connectivity index (χ2n) is 3.27. The van der Waals surface area contributed by atoms with Crippen LogP contribution in [0.4, 0.5) is 0 Å². The van der Waals surface area contributed by atoms with Gasteiger partial charge in [0, 0.05) is 18.4 Å². The molecule has 1 aromatic rings. The topological polar surface area (TPSA) is 46.2 Å². The van der Waals surface area contributed by atoms with Crippen LogP contribution in [0.3, 0.4) is 0 Å². The molecular weight excluding hydrogens is 202 g/mol. The molecule has 0 unspecified atom stereocenters.